The third kappa shape index (κ3) is 3.10. The van der Waals surface area contributed by atoms with Gasteiger partial charge < -0.3 is 10.0 Å². The molecule has 4 atom stereocenters. The highest BCUT2D eigenvalue weighted by Crippen LogP contribution is 2.50. The topological polar surface area (TPSA) is 100 Å². The molecule has 2 bridgehead atoms. The molecule has 2 fully saturated rings. The van der Waals surface area contributed by atoms with Crippen molar-refractivity contribution in [1.29, 1.82) is 0 Å². The quantitative estimate of drug-likeness (QED) is 0.635. The number of nitrogens with zero attached hydrogens (tertiary/aromatic N) is 7. The van der Waals surface area contributed by atoms with Crippen molar-refractivity contribution in [2.45, 2.75) is 31.1 Å². The summed E-state index contributed by atoms with van der Waals surface area (Å²) < 4.78 is 16.6. The standard InChI is InChI=1S/C21H24FN7O2S/c1-21-8-12(9-28(21)3)15(16(21)22)29(4)20-26-25-18(32-20)13-6-5-11(7-14(13)30)17-23-10-27(2)19(31)24-17/h5-7,10,12,15-16,30H,8-9H2,1-4H3/t12?,15-,16-,21-/m1/s1. The number of likely N-dealkylation sites (tertiary alicyclic amines) is 1. The van der Waals surface area contributed by atoms with Crippen LogP contribution in [0.3, 0.4) is 0 Å². The molecule has 11 heteroatoms. The molecule has 3 heterocycles. The highest BCUT2D eigenvalue weighted by atomic mass is 32.1. The lowest BCUT2D eigenvalue weighted by Crippen LogP contribution is -2.57. The van der Waals surface area contributed by atoms with Crippen LogP contribution >= 0.6 is 11.3 Å². The zero-order valence-corrected chi connectivity index (χ0v) is 19.0. The molecular weight excluding hydrogens is 433 g/mol. The van der Waals surface area contributed by atoms with Crippen LogP contribution in [-0.2, 0) is 7.05 Å². The summed E-state index contributed by atoms with van der Waals surface area (Å²) in [4.78, 5) is 23.8. The molecule has 1 aliphatic carbocycles. The van der Waals surface area contributed by atoms with Crippen LogP contribution in [0.2, 0.25) is 0 Å². The molecule has 0 spiro atoms. The number of phenolic OH excluding ortho intramolecular Hbond substituents is 1. The molecule has 1 aliphatic heterocycles. The Morgan fingerprint density at radius 1 is 1.31 bits per heavy atom. The monoisotopic (exact) mass is 457 g/mol. The van der Waals surface area contributed by atoms with Crippen molar-refractivity contribution < 1.29 is 9.50 Å². The van der Waals surface area contributed by atoms with E-state index in [2.05, 4.69) is 25.1 Å². The number of phenols is 1. The van der Waals surface area contributed by atoms with Gasteiger partial charge in [0.25, 0.3) is 0 Å². The smallest absolute Gasteiger partial charge is 0.350 e. The minimum atomic E-state index is -0.977. The second kappa shape index (κ2) is 7.31. The summed E-state index contributed by atoms with van der Waals surface area (Å²) in [6.07, 6.45) is 1.24. The maximum absolute atomic E-state index is 15.3. The van der Waals surface area contributed by atoms with Crippen LogP contribution in [0.25, 0.3) is 22.0 Å². The van der Waals surface area contributed by atoms with E-state index in [1.54, 1.807) is 19.2 Å². The lowest BCUT2D eigenvalue weighted by molar-refractivity contribution is 0.0573. The van der Waals surface area contributed by atoms with Gasteiger partial charge >= 0.3 is 5.69 Å². The number of benzene rings is 1. The number of fused-ring (bicyclic) bond motifs is 2. The van der Waals surface area contributed by atoms with Crippen LogP contribution in [0.5, 0.6) is 5.75 Å². The zero-order valence-electron chi connectivity index (χ0n) is 18.2. The van der Waals surface area contributed by atoms with Crippen molar-refractivity contribution in [3.8, 4) is 27.7 Å². The summed E-state index contributed by atoms with van der Waals surface area (Å²) in [5.41, 5.74) is 0.157. The molecule has 1 saturated heterocycles. The van der Waals surface area contributed by atoms with E-state index in [0.29, 0.717) is 21.3 Å². The highest BCUT2D eigenvalue weighted by Gasteiger charge is 2.60. The summed E-state index contributed by atoms with van der Waals surface area (Å²) in [6, 6.07) is 4.67. The first-order chi connectivity index (χ1) is 15.2. The van der Waals surface area contributed by atoms with Gasteiger partial charge in [0.05, 0.1) is 17.1 Å². The number of aromatic hydroxyl groups is 1. The van der Waals surface area contributed by atoms with Gasteiger partial charge in [-0.05, 0) is 38.4 Å². The Morgan fingerprint density at radius 3 is 2.75 bits per heavy atom. The number of piperidine rings is 1. The number of anilines is 1. The van der Waals surface area contributed by atoms with Crippen molar-refractivity contribution in [2.24, 2.45) is 13.0 Å². The first kappa shape index (κ1) is 21.0. The van der Waals surface area contributed by atoms with E-state index in [4.69, 9.17) is 0 Å². The number of aryl methyl sites for hydroxylation is 1. The van der Waals surface area contributed by atoms with Gasteiger partial charge in [0.2, 0.25) is 5.13 Å². The molecule has 2 aromatic heterocycles. The summed E-state index contributed by atoms with van der Waals surface area (Å²) >= 11 is 1.31. The van der Waals surface area contributed by atoms with Crippen LogP contribution < -0.4 is 10.6 Å². The van der Waals surface area contributed by atoms with Gasteiger partial charge in [-0.25, -0.2) is 14.2 Å². The number of hydrogen-bond donors (Lipinski definition) is 1. The molecule has 168 valence electrons. The van der Waals surface area contributed by atoms with Crippen molar-refractivity contribution >= 4 is 16.5 Å². The molecule has 1 aromatic carbocycles. The summed E-state index contributed by atoms with van der Waals surface area (Å²) in [7, 11) is 5.41. The molecule has 3 aromatic rings. The number of rotatable bonds is 4. The molecule has 0 amide bonds. The number of hydrogen-bond acceptors (Lipinski definition) is 9. The van der Waals surface area contributed by atoms with Crippen LogP contribution in [0.1, 0.15) is 13.3 Å². The fourth-order valence-electron chi connectivity index (χ4n) is 4.96. The van der Waals surface area contributed by atoms with E-state index in [1.165, 1.54) is 28.3 Å². The van der Waals surface area contributed by atoms with Crippen molar-refractivity contribution in [2.75, 3.05) is 25.5 Å². The maximum atomic E-state index is 15.3. The predicted octanol–water partition coefficient (Wildman–Crippen LogP) is 1.93. The Bertz CT molecular complexity index is 1250. The van der Waals surface area contributed by atoms with Crippen LogP contribution in [0.4, 0.5) is 9.52 Å². The fraction of sp³-hybridized carbons (Fsp3) is 0.476. The van der Waals surface area contributed by atoms with Gasteiger partial charge in [-0.2, -0.15) is 4.98 Å². The van der Waals surface area contributed by atoms with E-state index in [0.717, 1.165) is 13.0 Å². The van der Waals surface area contributed by atoms with Gasteiger partial charge in [0.15, 0.2) is 10.8 Å². The van der Waals surface area contributed by atoms with Gasteiger partial charge in [-0.1, -0.05) is 17.4 Å². The average molecular weight is 458 g/mol. The van der Waals surface area contributed by atoms with Crippen LogP contribution in [0.15, 0.2) is 29.3 Å². The largest absolute Gasteiger partial charge is 0.507 e. The van der Waals surface area contributed by atoms with E-state index in [9.17, 15) is 9.90 Å². The van der Waals surface area contributed by atoms with Crippen molar-refractivity contribution in [1.82, 2.24) is 29.6 Å². The van der Waals surface area contributed by atoms with Gasteiger partial charge in [-0.3, -0.25) is 9.47 Å². The Balaban J connectivity index is 1.40. The Kier molecular flexibility index (Phi) is 4.79. The second-order valence-electron chi connectivity index (χ2n) is 8.90. The SMILES string of the molecule is CN(c1nnc(-c2ccc(-c3ncn(C)c(=O)n3)cc2O)s1)[C@@H]1C2CN(C)[C@](C)(C2)[C@@H]1F. The first-order valence-corrected chi connectivity index (χ1v) is 11.2. The molecule has 32 heavy (non-hydrogen) atoms. The molecule has 2 aliphatic rings. The molecular formula is C21H24FN7O2S. The number of aromatic nitrogens is 5. The van der Waals surface area contributed by atoms with E-state index >= 15 is 4.39 Å². The summed E-state index contributed by atoms with van der Waals surface area (Å²) in [6.45, 7) is 2.85. The van der Waals surface area contributed by atoms with E-state index < -0.39 is 17.4 Å². The van der Waals surface area contributed by atoms with Gasteiger partial charge in [-0.15, -0.1) is 10.2 Å². The molecule has 9 nitrogen and oxygen atoms in total. The first-order valence-electron chi connectivity index (χ1n) is 10.3. The molecule has 1 saturated carbocycles. The van der Waals surface area contributed by atoms with E-state index in [1.807, 2.05) is 25.9 Å². The molecule has 1 N–H and O–H groups in total. The molecule has 5 rings (SSSR count). The minimum absolute atomic E-state index is 0.0189. The van der Waals surface area contributed by atoms with Crippen LogP contribution in [0, 0.1) is 5.92 Å². The normalized spacial score (nSPS) is 27.2. The Labute approximate surface area is 188 Å². The highest BCUT2D eigenvalue weighted by molar-refractivity contribution is 7.18. The zero-order chi connectivity index (χ0) is 22.8. The minimum Gasteiger partial charge on any atom is -0.507 e. The fourth-order valence-corrected chi connectivity index (χ4v) is 5.84. The predicted molar refractivity (Wildman–Crippen MR) is 120 cm³/mol. The second-order valence-corrected chi connectivity index (χ2v) is 9.86. The third-order valence-electron chi connectivity index (χ3n) is 6.94. The van der Waals surface area contributed by atoms with Gasteiger partial charge in [0.1, 0.15) is 18.2 Å². The number of alkyl halides is 1. The molecule has 0 radical (unpaired) electrons. The van der Waals surface area contributed by atoms with Crippen molar-refractivity contribution in [3.05, 3.63) is 35.0 Å². The maximum Gasteiger partial charge on any atom is 0.350 e. The summed E-state index contributed by atoms with van der Waals surface area (Å²) in [5, 5.41) is 20.3. The lowest BCUT2D eigenvalue weighted by Gasteiger charge is -2.42. The van der Waals surface area contributed by atoms with Crippen molar-refractivity contribution in [3.63, 3.8) is 0 Å². The molecule has 1 unspecified atom stereocenters. The Morgan fingerprint density at radius 2 is 2.09 bits per heavy atom. The summed E-state index contributed by atoms with van der Waals surface area (Å²) in [5.74, 6) is 0.453. The average Bonchev–Trinajstić information content (AvgIpc) is 3.41. The lowest BCUT2D eigenvalue weighted by atomic mass is 9.95. The number of halogens is 1. The third-order valence-corrected chi connectivity index (χ3v) is 7.99. The Hall–Kier alpha value is -2.92. The van der Waals surface area contributed by atoms with E-state index in [-0.39, 0.29) is 23.5 Å². The van der Waals surface area contributed by atoms with Crippen LogP contribution in [-0.4, -0.2) is 73.1 Å². The van der Waals surface area contributed by atoms with Gasteiger partial charge in [0, 0.05) is 26.2 Å².